The molecule has 0 saturated heterocycles. The number of hydrogen-bond acceptors (Lipinski definition) is 3. The minimum atomic E-state index is -0.467. The van der Waals surface area contributed by atoms with Crippen molar-refractivity contribution in [2.75, 3.05) is 6.61 Å². The van der Waals surface area contributed by atoms with E-state index in [1.807, 2.05) is 30.3 Å². The second kappa shape index (κ2) is 6.21. The predicted octanol–water partition coefficient (Wildman–Crippen LogP) is 2.16. The highest BCUT2D eigenvalue weighted by Gasteiger charge is 2.17. The highest BCUT2D eigenvalue weighted by Crippen LogP contribution is 2.20. The van der Waals surface area contributed by atoms with Crippen molar-refractivity contribution in [3.63, 3.8) is 0 Å². The van der Waals surface area contributed by atoms with Gasteiger partial charge < -0.3 is 15.5 Å². The molecule has 2 aromatic carbocycles. The molecule has 0 bridgehead atoms. The third-order valence-electron chi connectivity index (χ3n) is 3.24. The standard InChI is InChI=1S/C16H17NO3/c1-11-13(8-5-9-15(11)19)16(20)17-14(10-18)12-6-3-2-4-7-12/h2-9,14,18-19H,10H2,1H3,(H,17,20)/t14-/m1/s1. The number of phenolic OH excluding ortho intramolecular Hbond substituents is 1. The molecule has 0 aliphatic rings. The second-order valence-corrected chi connectivity index (χ2v) is 4.57. The maximum Gasteiger partial charge on any atom is 0.252 e. The zero-order valence-corrected chi connectivity index (χ0v) is 11.2. The Bertz CT molecular complexity index is 596. The molecule has 20 heavy (non-hydrogen) atoms. The van der Waals surface area contributed by atoms with Crippen LogP contribution in [0, 0.1) is 6.92 Å². The fourth-order valence-corrected chi connectivity index (χ4v) is 2.03. The monoisotopic (exact) mass is 271 g/mol. The van der Waals surface area contributed by atoms with E-state index in [0.29, 0.717) is 11.1 Å². The maximum atomic E-state index is 12.2. The summed E-state index contributed by atoms with van der Waals surface area (Å²) in [6.45, 7) is 1.49. The summed E-state index contributed by atoms with van der Waals surface area (Å²) >= 11 is 0. The van der Waals surface area contributed by atoms with Gasteiger partial charge in [0.25, 0.3) is 5.91 Å². The molecule has 0 aromatic heterocycles. The quantitative estimate of drug-likeness (QED) is 0.798. The number of carbonyl (C=O) groups excluding carboxylic acids is 1. The highest BCUT2D eigenvalue weighted by molar-refractivity contribution is 5.96. The molecule has 0 fully saturated rings. The molecule has 104 valence electrons. The lowest BCUT2D eigenvalue weighted by Crippen LogP contribution is -2.31. The molecule has 0 aliphatic carbocycles. The van der Waals surface area contributed by atoms with Crippen molar-refractivity contribution in [1.29, 1.82) is 0 Å². The number of nitrogens with one attached hydrogen (secondary N) is 1. The van der Waals surface area contributed by atoms with E-state index in [1.165, 1.54) is 6.07 Å². The van der Waals surface area contributed by atoms with Crippen LogP contribution in [0.1, 0.15) is 27.5 Å². The van der Waals surface area contributed by atoms with E-state index in [0.717, 1.165) is 5.56 Å². The number of phenols is 1. The largest absolute Gasteiger partial charge is 0.508 e. The van der Waals surface area contributed by atoms with Gasteiger partial charge in [-0.25, -0.2) is 0 Å². The minimum absolute atomic E-state index is 0.0814. The van der Waals surface area contributed by atoms with Crippen molar-refractivity contribution < 1.29 is 15.0 Å². The Morgan fingerprint density at radius 1 is 1.15 bits per heavy atom. The fraction of sp³-hybridized carbons (Fsp3) is 0.188. The van der Waals surface area contributed by atoms with Gasteiger partial charge in [0.05, 0.1) is 12.6 Å². The van der Waals surface area contributed by atoms with Gasteiger partial charge in [-0.15, -0.1) is 0 Å². The average molecular weight is 271 g/mol. The van der Waals surface area contributed by atoms with E-state index in [1.54, 1.807) is 19.1 Å². The molecule has 0 heterocycles. The van der Waals surface area contributed by atoms with Crippen LogP contribution in [-0.2, 0) is 0 Å². The van der Waals surface area contributed by atoms with Crippen molar-refractivity contribution in [1.82, 2.24) is 5.32 Å². The third kappa shape index (κ3) is 2.97. The van der Waals surface area contributed by atoms with Crippen molar-refractivity contribution in [3.8, 4) is 5.75 Å². The Morgan fingerprint density at radius 2 is 1.85 bits per heavy atom. The Labute approximate surface area is 117 Å². The summed E-state index contributed by atoms with van der Waals surface area (Å²) in [6.07, 6.45) is 0. The molecular formula is C16H17NO3. The molecule has 2 rings (SSSR count). The fourth-order valence-electron chi connectivity index (χ4n) is 2.03. The van der Waals surface area contributed by atoms with Crippen LogP contribution < -0.4 is 5.32 Å². The van der Waals surface area contributed by atoms with Gasteiger partial charge in [0.2, 0.25) is 0 Å². The van der Waals surface area contributed by atoms with Gasteiger partial charge in [-0.2, -0.15) is 0 Å². The Hall–Kier alpha value is -2.33. The first kappa shape index (κ1) is 14.1. The molecule has 0 radical (unpaired) electrons. The predicted molar refractivity (Wildman–Crippen MR) is 76.6 cm³/mol. The molecule has 4 heteroatoms. The smallest absolute Gasteiger partial charge is 0.252 e. The Balaban J connectivity index is 2.20. The molecule has 0 saturated carbocycles. The number of amides is 1. The van der Waals surface area contributed by atoms with Crippen LogP contribution in [-0.4, -0.2) is 22.7 Å². The van der Waals surface area contributed by atoms with E-state index >= 15 is 0 Å². The van der Waals surface area contributed by atoms with Crippen LogP contribution in [0.4, 0.5) is 0 Å². The molecular weight excluding hydrogens is 254 g/mol. The van der Waals surface area contributed by atoms with E-state index < -0.39 is 6.04 Å². The molecule has 2 aromatic rings. The summed E-state index contributed by atoms with van der Waals surface area (Å²) in [5.74, 6) is -0.237. The van der Waals surface area contributed by atoms with E-state index in [-0.39, 0.29) is 18.3 Å². The van der Waals surface area contributed by atoms with Crippen LogP contribution >= 0.6 is 0 Å². The maximum absolute atomic E-state index is 12.2. The Morgan fingerprint density at radius 3 is 2.50 bits per heavy atom. The molecule has 3 N–H and O–H groups in total. The lowest BCUT2D eigenvalue weighted by Gasteiger charge is -2.17. The van der Waals surface area contributed by atoms with Gasteiger partial charge in [-0.1, -0.05) is 36.4 Å². The van der Waals surface area contributed by atoms with E-state index in [2.05, 4.69) is 5.32 Å². The van der Waals surface area contributed by atoms with Crippen LogP contribution in [0.2, 0.25) is 0 Å². The first-order chi connectivity index (χ1) is 9.63. The zero-order valence-electron chi connectivity index (χ0n) is 11.2. The van der Waals surface area contributed by atoms with Crippen molar-refractivity contribution in [2.24, 2.45) is 0 Å². The summed E-state index contributed by atoms with van der Waals surface area (Å²) in [5, 5.41) is 21.8. The van der Waals surface area contributed by atoms with Crippen molar-refractivity contribution in [2.45, 2.75) is 13.0 Å². The lowest BCUT2D eigenvalue weighted by atomic mass is 10.0. The average Bonchev–Trinajstić information content (AvgIpc) is 2.48. The summed E-state index contributed by atoms with van der Waals surface area (Å²) in [6, 6.07) is 13.6. The molecule has 0 aliphatic heterocycles. The Kier molecular flexibility index (Phi) is 4.38. The van der Waals surface area contributed by atoms with E-state index in [9.17, 15) is 15.0 Å². The number of rotatable bonds is 4. The van der Waals surface area contributed by atoms with Crippen molar-refractivity contribution in [3.05, 3.63) is 65.2 Å². The van der Waals surface area contributed by atoms with Gasteiger partial charge in [0.1, 0.15) is 5.75 Å². The first-order valence-electron chi connectivity index (χ1n) is 6.38. The molecule has 1 amide bonds. The van der Waals surface area contributed by atoms with E-state index in [4.69, 9.17) is 0 Å². The molecule has 0 unspecified atom stereocenters. The lowest BCUT2D eigenvalue weighted by molar-refractivity contribution is 0.0915. The summed E-state index contributed by atoms with van der Waals surface area (Å²) < 4.78 is 0. The minimum Gasteiger partial charge on any atom is -0.508 e. The third-order valence-corrected chi connectivity index (χ3v) is 3.24. The molecule has 1 atom stereocenters. The van der Waals surface area contributed by atoms with Crippen LogP contribution in [0.5, 0.6) is 5.75 Å². The molecule has 0 spiro atoms. The number of aliphatic hydroxyl groups excluding tert-OH is 1. The number of hydrogen-bond donors (Lipinski definition) is 3. The highest BCUT2D eigenvalue weighted by atomic mass is 16.3. The van der Waals surface area contributed by atoms with Gasteiger partial charge in [0.15, 0.2) is 0 Å². The van der Waals surface area contributed by atoms with Crippen LogP contribution in [0.15, 0.2) is 48.5 Å². The second-order valence-electron chi connectivity index (χ2n) is 4.57. The first-order valence-corrected chi connectivity index (χ1v) is 6.38. The topological polar surface area (TPSA) is 69.6 Å². The summed E-state index contributed by atoms with van der Waals surface area (Å²) in [7, 11) is 0. The van der Waals surface area contributed by atoms with Gasteiger partial charge >= 0.3 is 0 Å². The SMILES string of the molecule is Cc1c(O)cccc1C(=O)N[C@H](CO)c1ccccc1. The number of benzene rings is 2. The zero-order chi connectivity index (χ0) is 14.5. The number of aromatic hydroxyl groups is 1. The van der Waals surface area contributed by atoms with Crippen LogP contribution in [0.3, 0.4) is 0 Å². The van der Waals surface area contributed by atoms with Crippen molar-refractivity contribution >= 4 is 5.91 Å². The molecule has 4 nitrogen and oxygen atoms in total. The number of aliphatic hydroxyl groups is 1. The van der Waals surface area contributed by atoms with Crippen LogP contribution in [0.25, 0.3) is 0 Å². The normalized spacial score (nSPS) is 11.9. The summed E-state index contributed by atoms with van der Waals surface area (Å²) in [4.78, 5) is 12.2. The van der Waals surface area contributed by atoms with Gasteiger partial charge in [0, 0.05) is 11.1 Å². The van der Waals surface area contributed by atoms with Gasteiger partial charge in [-0.3, -0.25) is 4.79 Å². The summed E-state index contributed by atoms with van der Waals surface area (Å²) in [5.41, 5.74) is 1.76. The van der Waals surface area contributed by atoms with Gasteiger partial charge in [-0.05, 0) is 24.6 Å². The number of carbonyl (C=O) groups is 1.